The Kier molecular flexibility index (Phi) is 2.25. The average Bonchev–Trinajstić information content (AvgIpc) is 2.16. The van der Waals surface area contributed by atoms with Gasteiger partial charge in [-0.3, -0.25) is 0 Å². The zero-order valence-corrected chi connectivity index (χ0v) is 7.08. The van der Waals surface area contributed by atoms with Gasteiger partial charge >= 0.3 is 0 Å². The van der Waals surface area contributed by atoms with Crippen molar-refractivity contribution in [1.82, 2.24) is 0 Å². The van der Waals surface area contributed by atoms with Crippen molar-refractivity contribution in [3.8, 4) is 0 Å². The molecule has 52 valence electrons. The lowest BCUT2D eigenvalue weighted by molar-refractivity contribution is 1.11. The van der Waals surface area contributed by atoms with Gasteiger partial charge in [0.15, 0.2) is 0 Å². The van der Waals surface area contributed by atoms with Crippen LogP contribution in [0.3, 0.4) is 0 Å². The van der Waals surface area contributed by atoms with E-state index in [4.69, 9.17) is 10.7 Å². The molecule has 1 aliphatic heterocycles. The quantitative estimate of drug-likeness (QED) is 0.584. The number of hydrogen-bond donors (Lipinski definition) is 0. The van der Waals surface area contributed by atoms with Crippen LogP contribution in [0.2, 0.25) is 0 Å². The van der Waals surface area contributed by atoms with Gasteiger partial charge in [0, 0.05) is 0 Å². The van der Waals surface area contributed by atoms with E-state index in [9.17, 15) is 0 Å². The Bertz CT molecular complexity index is 137. The van der Waals surface area contributed by atoms with Crippen LogP contribution in [0, 0.1) is 0 Å². The van der Waals surface area contributed by atoms with E-state index in [-0.39, 0.29) is 0 Å². The Balaban J connectivity index is 2.53. The lowest BCUT2D eigenvalue weighted by Crippen LogP contribution is -1.85. The molecule has 1 rings (SSSR count). The van der Waals surface area contributed by atoms with E-state index in [1.165, 1.54) is 6.42 Å². The highest BCUT2D eigenvalue weighted by molar-refractivity contribution is 8.55. The van der Waals surface area contributed by atoms with Crippen LogP contribution in [0.4, 0.5) is 0 Å². The molecule has 0 saturated carbocycles. The molecule has 1 heterocycles. The van der Waals surface area contributed by atoms with Gasteiger partial charge in [0.1, 0.15) is 0 Å². The highest BCUT2D eigenvalue weighted by Gasteiger charge is 2.13. The molecule has 0 aliphatic carbocycles. The minimum Gasteiger partial charge on any atom is -0.122 e. The number of halogens is 1. The molecule has 0 saturated heterocycles. The van der Waals surface area contributed by atoms with Gasteiger partial charge in [-0.25, -0.2) is 0 Å². The van der Waals surface area contributed by atoms with E-state index in [1.807, 2.05) is 12.2 Å². The molecular formula is C7H11ClS. The van der Waals surface area contributed by atoms with Gasteiger partial charge in [0.05, 0.1) is 0 Å². The molecule has 0 fully saturated rings. The minimum atomic E-state index is -0.943. The molecule has 0 aromatic rings. The monoisotopic (exact) mass is 162 g/mol. The Labute approximate surface area is 62.4 Å². The molecule has 0 nitrogen and oxygen atoms in total. The van der Waals surface area contributed by atoms with Crippen molar-refractivity contribution < 1.29 is 0 Å². The summed E-state index contributed by atoms with van der Waals surface area (Å²) in [4.78, 5) is 0. The summed E-state index contributed by atoms with van der Waals surface area (Å²) in [6, 6.07) is 0. The summed E-state index contributed by atoms with van der Waals surface area (Å²) in [5.41, 5.74) is 0. The molecule has 0 atom stereocenters. The van der Waals surface area contributed by atoms with Crippen LogP contribution in [0.1, 0.15) is 13.3 Å². The predicted octanol–water partition coefficient (Wildman–Crippen LogP) is 3.40. The van der Waals surface area contributed by atoms with Crippen LogP contribution >= 0.6 is 19.9 Å². The summed E-state index contributed by atoms with van der Waals surface area (Å²) in [6.45, 7) is 2.16. The van der Waals surface area contributed by atoms with Crippen LogP contribution in [-0.4, -0.2) is 5.75 Å². The summed E-state index contributed by atoms with van der Waals surface area (Å²) in [7, 11) is 5.24. The van der Waals surface area contributed by atoms with Gasteiger partial charge in [0.25, 0.3) is 0 Å². The molecule has 0 aromatic heterocycles. The lowest BCUT2D eigenvalue weighted by Gasteiger charge is -2.20. The Morgan fingerprint density at radius 3 is 2.33 bits per heavy atom. The predicted molar refractivity (Wildman–Crippen MR) is 46.9 cm³/mol. The van der Waals surface area contributed by atoms with Crippen LogP contribution in [0.15, 0.2) is 23.0 Å². The van der Waals surface area contributed by atoms with Crippen molar-refractivity contribution in [2.45, 2.75) is 13.3 Å². The van der Waals surface area contributed by atoms with Crippen LogP contribution in [0.25, 0.3) is 0 Å². The summed E-state index contributed by atoms with van der Waals surface area (Å²) >= 11 is 0. The second-order valence-corrected chi connectivity index (χ2v) is 6.31. The fraction of sp³-hybridized carbons (Fsp3) is 0.429. The zero-order chi connectivity index (χ0) is 6.74. The smallest absolute Gasteiger partial charge is 0.00319 e. The van der Waals surface area contributed by atoms with Crippen molar-refractivity contribution in [3.63, 3.8) is 0 Å². The first kappa shape index (κ1) is 7.23. The summed E-state index contributed by atoms with van der Waals surface area (Å²) in [6.07, 6.45) is 5.25. The first-order valence-electron chi connectivity index (χ1n) is 3.12. The number of hydrogen-bond acceptors (Lipinski definition) is 0. The third kappa shape index (κ3) is 1.77. The van der Waals surface area contributed by atoms with Crippen LogP contribution < -0.4 is 0 Å². The van der Waals surface area contributed by atoms with Gasteiger partial charge < -0.3 is 0 Å². The highest BCUT2D eigenvalue weighted by atomic mass is 35.7. The minimum absolute atomic E-state index is 0.943. The average molecular weight is 163 g/mol. The molecule has 0 N–H and O–H groups in total. The van der Waals surface area contributed by atoms with E-state index in [2.05, 4.69) is 17.7 Å². The molecule has 9 heavy (non-hydrogen) atoms. The highest BCUT2D eigenvalue weighted by Crippen LogP contribution is 2.58. The fourth-order valence-corrected chi connectivity index (χ4v) is 3.36. The summed E-state index contributed by atoms with van der Waals surface area (Å²) in [5.74, 6) is 1.13. The van der Waals surface area contributed by atoms with E-state index in [1.54, 1.807) is 0 Å². The molecule has 1 aliphatic rings. The van der Waals surface area contributed by atoms with E-state index < -0.39 is 9.24 Å². The Morgan fingerprint density at radius 1 is 1.33 bits per heavy atom. The SMILES string of the molecule is CCCS1(Cl)C=CC=C1. The Morgan fingerprint density at radius 2 is 1.89 bits per heavy atom. The van der Waals surface area contributed by atoms with Gasteiger partial charge in [-0.05, 0) is 23.0 Å². The summed E-state index contributed by atoms with van der Waals surface area (Å²) < 4.78 is 0. The maximum Gasteiger partial charge on any atom is -0.00319 e. The molecule has 0 unspecified atom stereocenters. The van der Waals surface area contributed by atoms with Crippen LogP contribution in [-0.2, 0) is 0 Å². The van der Waals surface area contributed by atoms with Gasteiger partial charge in [0.2, 0.25) is 0 Å². The van der Waals surface area contributed by atoms with E-state index >= 15 is 0 Å². The second kappa shape index (κ2) is 2.80. The normalized spacial score (nSPS) is 24.7. The number of rotatable bonds is 2. The van der Waals surface area contributed by atoms with E-state index in [0.717, 1.165) is 5.75 Å². The molecule has 0 radical (unpaired) electrons. The van der Waals surface area contributed by atoms with Crippen molar-refractivity contribution in [3.05, 3.63) is 23.0 Å². The van der Waals surface area contributed by atoms with Crippen molar-refractivity contribution >= 4 is 19.9 Å². The topological polar surface area (TPSA) is 0 Å². The maximum absolute atomic E-state index is 6.18. The zero-order valence-electron chi connectivity index (χ0n) is 5.51. The molecular weight excluding hydrogens is 152 g/mol. The lowest BCUT2D eigenvalue weighted by atomic mass is 10.6. The second-order valence-electron chi connectivity index (χ2n) is 2.12. The molecule has 2 heteroatoms. The molecule has 0 aromatic carbocycles. The Hall–Kier alpha value is 0.120. The molecule has 0 spiro atoms. The third-order valence-electron chi connectivity index (χ3n) is 1.24. The fourth-order valence-electron chi connectivity index (χ4n) is 0.846. The van der Waals surface area contributed by atoms with Gasteiger partial charge in [-0.1, -0.05) is 29.8 Å². The van der Waals surface area contributed by atoms with Gasteiger partial charge in [-0.2, -0.15) is 0 Å². The van der Waals surface area contributed by atoms with Crippen molar-refractivity contribution in [2.24, 2.45) is 0 Å². The van der Waals surface area contributed by atoms with E-state index in [0.29, 0.717) is 0 Å². The largest absolute Gasteiger partial charge is 0.122 e. The van der Waals surface area contributed by atoms with Gasteiger partial charge in [-0.15, -0.1) is 9.24 Å². The number of allylic oxidation sites excluding steroid dienone is 2. The van der Waals surface area contributed by atoms with Crippen molar-refractivity contribution in [1.29, 1.82) is 0 Å². The summed E-state index contributed by atoms with van der Waals surface area (Å²) in [5, 5.41) is 4.25. The maximum atomic E-state index is 6.18. The third-order valence-corrected chi connectivity index (χ3v) is 4.57. The first-order chi connectivity index (χ1) is 4.27. The van der Waals surface area contributed by atoms with Crippen LogP contribution in [0.5, 0.6) is 0 Å². The first-order valence-corrected chi connectivity index (χ1v) is 5.88. The molecule has 0 amide bonds. The standard InChI is InChI=1S/C7H11ClS/c1-2-5-9(8)6-3-4-7-9/h3-4,6-7H,2,5H2,1H3. The van der Waals surface area contributed by atoms with Crippen molar-refractivity contribution in [2.75, 3.05) is 5.75 Å². The molecule has 0 bridgehead atoms.